The molecule has 0 radical (unpaired) electrons. The van der Waals surface area contributed by atoms with E-state index in [0.29, 0.717) is 11.5 Å². The molecule has 1 fully saturated rings. The minimum absolute atomic E-state index is 0.00442. The second-order valence-corrected chi connectivity index (χ2v) is 6.97. The van der Waals surface area contributed by atoms with E-state index in [1.807, 2.05) is 18.2 Å². The Morgan fingerprint density at radius 1 is 1.37 bits per heavy atom. The van der Waals surface area contributed by atoms with Crippen LogP contribution in [0.4, 0.5) is 0 Å². The van der Waals surface area contributed by atoms with Crippen molar-refractivity contribution in [3.8, 4) is 0 Å². The van der Waals surface area contributed by atoms with Crippen LogP contribution in [-0.4, -0.2) is 37.5 Å². The summed E-state index contributed by atoms with van der Waals surface area (Å²) < 4.78 is 1.81. The number of carbonyl (C=O) groups excluding carboxylic acids is 1. The molecule has 0 aliphatic carbocycles. The van der Waals surface area contributed by atoms with Crippen molar-refractivity contribution in [3.05, 3.63) is 32.7 Å². The minimum atomic E-state index is -0.00442. The number of likely N-dealkylation sites (tertiary alicyclic amines) is 1. The van der Waals surface area contributed by atoms with Gasteiger partial charge in [-0.15, -0.1) is 0 Å². The molecular weight excluding hydrogens is 372 g/mol. The van der Waals surface area contributed by atoms with Gasteiger partial charge in [0.1, 0.15) is 0 Å². The van der Waals surface area contributed by atoms with Crippen molar-refractivity contribution in [3.63, 3.8) is 0 Å². The number of amides is 1. The summed E-state index contributed by atoms with van der Waals surface area (Å²) >= 11 is 6.80. The third-order valence-electron chi connectivity index (χ3n) is 3.40. The number of nitrogens with one attached hydrogen (secondary N) is 1. The van der Waals surface area contributed by atoms with E-state index in [9.17, 15) is 4.79 Å². The van der Waals surface area contributed by atoms with Crippen LogP contribution in [-0.2, 0) is 0 Å². The van der Waals surface area contributed by atoms with Gasteiger partial charge in [0.05, 0.1) is 0 Å². The molecule has 1 amide bonds. The third kappa shape index (κ3) is 4.58. The lowest BCUT2D eigenvalue weighted by atomic mass is 9.98. The maximum Gasteiger partial charge on any atom is 0.251 e. The van der Waals surface area contributed by atoms with Crippen LogP contribution in [0.25, 0.3) is 0 Å². The number of benzene rings is 1. The number of piperidine rings is 1. The molecule has 19 heavy (non-hydrogen) atoms. The van der Waals surface area contributed by atoms with E-state index in [0.717, 1.165) is 22.0 Å². The molecule has 3 nitrogen and oxygen atoms in total. The topological polar surface area (TPSA) is 32.3 Å². The van der Waals surface area contributed by atoms with Gasteiger partial charge in [-0.1, -0.05) is 31.9 Å². The van der Waals surface area contributed by atoms with Gasteiger partial charge in [-0.05, 0) is 50.6 Å². The molecule has 0 bridgehead atoms. The summed E-state index contributed by atoms with van der Waals surface area (Å²) in [6.45, 7) is 3.00. The summed E-state index contributed by atoms with van der Waals surface area (Å²) in [7, 11) is 2.14. The highest BCUT2D eigenvalue weighted by Gasteiger charge is 2.18. The van der Waals surface area contributed by atoms with Crippen molar-refractivity contribution in [2.45, 2.75) is 12.8 Å². The summed E-state index contributed by atoms with van der Waals surface area (Å²) in [4.78, 5) is 14.4. The van der Waals surface area contributed by atoms with Gasteiger partial charge in [0.25, 0.3) is 5.91 Å². The van der Waals surface area contributed by atoms with Crippen LogP contribution < -0.4 is 5.32 Å². The van der Waals surface area contributed by atoms with Crippen LogP contribution in [0.3, 0.4) is 0 Å². The summed E-state index contributed by atoms with van der Waals surface area (Å²) in [5.74, 6) is 0.563. The molecule has 1 heterocycles. The van der Waals surface area contributed by atoms with E-state index in [-0.39, 0.29) is 5.91 Å². The molecule has 0 saturated carbocycles. The van der Waals surface area contributed by atoms with Gasteiger partial charge >= 0.3 is 0 Å². The fraction of sp³-hybridized carbons (Fsp3) is 0.500. The highest BCUT2D eigenvalue weighted by molar-refractivity contribution is 9.11. The highest BCUT2D eigenvalue weighted by Crippen LogP contribution is 2.20. The van der Waals surface area contributed by atoms with E-state index in [1.54, 1.807) is 0 Å². The Bertz CT molecular complexity index is 445. The number of rotatable bonds is 3. The van der Waals surface area contributed by atoms with E-state index < -0.39 is 0 Å². The van der Waals surface area contributed by atoms with Gasteiger partial charge in [0, 0.05) is 27.6 Å². The predicted molar refractivity (Wildman–Crippen MR) is 84.4 cm³/mol. The predicted octanol–water partition coefficient (Wildman–Crippen LogP) is 3.28. The van der Waals surface area contributed by atoms with E-state index >= 15 is 0 Å². The van der Waals surface area contributed by atoms with Gasteiger partial charge in [0.15, 0.2) is 0 Å². The first-order valence-electron chi connectivity index (χ1n) is 6.47. The van der Waals surface area contributed by atoms with Crippen molar-refractivity contribution >= 4 is 37.8 Å². The van der Waals surface area contributed by atoms with Gasteiger partial charge in [0.2, 0.25) is 0 Å². The largest absolute Gasteiger partial charge is 0.352 e. The summed E-state index contributed by atoms with van der Waals surface area (Å²) in [5, 5.41) is 3.04. The zero-order valence-corrected chi connectivity index (χ0v) is 14.1. The number of hydrogen-bond acceptors (Lipinski definition) is 2. The second-order valence-electron chi connectivity index (χ2n) is 5.14. The Labute approximate surface area is 131 Å². The molecule has 0 aromatic heterocycles. The average molecular weight is 390 g/mol. The monoisotopic (exact) mass is 388 g/mol. The highest BCUT2D eigenvalue weighted by atomic mass is 79.9. The molecule has 1 aromatic carbocycles. The zero-order chi connectivity index (χ0) is 13.8. The average Bonchev–Trinajstić information content (AvgIpc) is 2.35. The van der Waals surface area contributed by atoms with Crippen LogP contribution in [0, 0.1) is 5.92 Å². The molecule has 1 aliphatic rings. The van der Waals surface area contributed by atoms with Gasteiger partial charge in [-0.2, -0.15) is 0 Å². The van der Waals surface area contributed by atoms with E-state index in [1.165, 1.54) is 19.4 Å². The summed E-state index contributed by atoms with van der Waals surface area (Å²) in [5.41, 5.74) is 0.686. The van der Waals surface area contributed by atoms with Crippen LogP contribution >= 0.6 is 31.9 Å². The molecule has 1 N–H and O–H groups in total. The van der Waals surface area contributed by atoms with Crippen LogP contribution in [0.15, 0.2) is 27.1 Å². The molecule has 2 rings (SSSR count). The first-order chi connectivity index (χ1) is 9.04. The van der Waals surface area contributed by atoms with Crippen LogP contribution in [0.2, 0.25) is 0 Å². The maximum atomic E-state index is 12.1. The molecule has 1 atom stereocenters. The fourth-order valence-corrected chi connectivity index (χ4v) is 3.76. The molecule has 1 aliphatic heterocycles. The van der Waals surface area contributed by atoms with E-state index in [4.69, 9.17) is 0 Å². The van der Waals surface area contributed by atoms with Crippen LogP contribution in [0.1, 0.15) is 23.2 Å². The Morgan fingerprint density at radius 3 is 2.68 bits per heavy atom. The number of carbonyl (C=O) groups is 1. The van der Waals surface area contributed by atoms with Crippen molar-refractivity contribution in [1.29, 1.82) is 0 Å². The van der Waals surface area contributed by atoms with Crippen molar-refractivity contribution < 1.29 is 4.79 Å². The number of hydrogen-bond donors (Lipinski definition) is 1. The van der Waals surface area contributed by atoms with Crippen molar-refractivity contribution in [2.75, 3.05) is 26.7 Å². The first kappa shape index (κ1) is 15.0. The van der Waals surface area contributed by atoms with Gasteiger partial charge < -0.3 is 10.2 Å². The molecule has 1 unspecified atom stereocenters. The summed E-state index contributed by atoms with van der Waals surface area (Å²) in [6.07, 6.45) is 2.42. The van der Waals surface area contributed by atoms with Crippen molar-refractivity contribution in [2.24, 2.45) is 5.92 Å². The molecular formula is C14H18Br2N2O. The molecule has 1 saturated heterocycles. The lowest BCUT2D eigenvalue weighted by Crippen LogP contribution is -2.39. The Morgan fingerprint density at radius 2 is 2.05 bits per heavy atom. The van der Waals surface area contributed by atoms with Crippen LogP contribution in [0.5, 0.6) is 0 Å². The minimum Gasteiger partial charge on any atom is -0.352 e. The molecule has 104 valence electrons. The Balaban J connectivity index is 1.90. The molecule has 0 spiro atoms. The lowest BCUT2D eigenvalue weighted by Gasteiger charge is -2.29. The number of nitrogens with zero attached hydrogens (tertiary/aromatic N) is 1. The van der Waals surface area contributed by atoms with E-state index in [2.05, 4.69) is 49.1 Å². The normalized spacial score (nSPS) is 20.3. The smallest absolute Gasteiger partial charge is 0.251 e. The summed E-state index contributed by atoms with van der Waals surface area (Å²) in [6, 6.07) is 5.60. The number of halogens is 2. The fourth-order valence-electron chi connectivity index (χ4n) is 2.46. The molecule has 5 heteroatoms. The Kier molecular flexibility index (Phi) is 5.42. The quantitative estimate of drug-likeness (QED) is 0.860. The first-order valence-corrected chi connectivity index (χ1v) is 8.06. The SMILES string of the molecule is CN1CCCC(CNC(=O)c2cc(Br)cc(Br)c2)C1. The second kappa shape index (κ2) is 6.86. The third-order valence-corrected chi connectivity index (χ3v) is 4.31. The molecule has 1 aromatic rings. The van der Waals surface area contributed by atoms with Gasteiger partial charge in [-0.25, -0.2) is 0 Å². The van der Waals surface area contributed by atoms with Crippen molar-refractivity contribution in [1.82, 2.24) is 10.2 Å². The van der Waals surface area contributed by atoms with Gasteiger partial charge in [-0.3, -0.25) is 4.79 Å². The standard InChI is InChI=1S/C14H18Br2N2O/c1-18-4-2-3-10(9-18)8-17-14(19)11-5-12(15)7-13(16)6-11/h5-7,10H,2-4,8-9H2,1H3,(H,17,19). The Hall–Kier alpha value is -0.390. The zero-order valence-electron chi connectivity index (χ0n) is 11.0. The maximum absolute atomic E-state index is 12.1. The lowest BCUT2D eigenvalue weighted by molar-refractivity contribution is 0.0936.